The number of amides is 1. The molecule has 0 fully saturated rings. The lowest BCUT2D eigenvalue weighted by molar-refractivity contribution is -0.141. The standard InChI is InChI=1S/C17H17F3N6O/c1-11(12-4-6-13(7-5-12)26-10-21-9-22-26)25(3)16(27)14-8-24(2)23-15(14)17(18,19)20/h4-11H,1-3H3. The lowest BCUT2D eigenvalue weighted by Gasteiger charge is -2.25. The van der Waals surface area contributed by atoms with E-state index in [4.69, 9.17) is 0 Å². The van der Waals surface area contributed by atoms with Gasteiger partial charge in [-0.2, -0.15) is 23.4 Å². The van der Waals surface area contributed by atoms with E-state index in [2.05, 4.69) is 15.2 Å². The monoisotopic (exact) mass is 378 g/mol. The van der Waals surface area contributed by atoms with Crippen molar-refractivity contribution in [3.8, 4) is 5.69 Å². The number of hydrogen-bond donors (Lipinski definition) is 0. The van der Waals surface area contributed by atoms with E-state index in [1.165, 1.54) is 25.3 Å². The molecule has 0 radical (unpaired) electrons. The third-order valence-corrected chi connectivity index (χ3v) is 4.29. The van der Waals surface area contributed by atoms with Crippen LogP contribution in [0.15, 0.2) is 43.1 Å². The highest BCUT2D eigenvalue weighted by Crippen LogP contribution is 2.32. The first-order valence-corrected chi connectivity index (χ1v) is 8.01. The predicted molar refractivity (Wildman–Crippen MR) is 90.1 cm³/mol. The molecule has 1 aromatic carbocycles. The summed E-state index contributed by atoms with van der Waals surface area (Å²) in [6.07, 6.45) is -0.651. The van der Waals surface area contributed by atoms with E-state index in [0.29, 0.717) is 0 Å². The van der Waals surface area contributed by atoms with Crippen molar-refractivity contribution in [1.82, 2.24) is 29.4 Å². The number of aromatic nitrogens is 5. The lowest BCUT2D eigenvalue weighted by atomic mass is 10.1. The number of nitrogens with zero attached hydrogens (tertiary/aromatic N) is 6. The molecule has 1 amide bonds. The van der Waals surface area contributed by atoms with Gasteiger partial charge in [0.1, 0.15) is 12.7 Å². The van der Waals surface area contributed by atoms with E-state index >= 15 is 0 Å². The number of rotatable bonds is 4. The third kappa shape index (κ3) is 3.69. The van der Waals surface area contributed by atoms with Crippen LogP contribution in [0.5, 0.6) is 0 Å². The second-order valence-corrected chi connectivity index (χ2v) is 6.09. The second-order valence-electron chi connectivity index (χ2n) is 6.09. The van der Waals surface area contributed by atoms with Gasteiger partial charge >= 0.3 is 6.18 Å². The highest BCUT2D eigenvalue weighted by Gasteiger charge is 2.40. The van der Waals surface area contributed by atoms with Crippen molar-refractivity contribution in [2.24, 2.45) is 7.05 Å². The van der Waals surface area contributed by atoms with Gasteiger partial charge in [0, 0.05) is 20.3 Å². The minimum Gasteiger partial charge on any atom is -0.335 e. The van der Waals surface area contributed by atoms with Gasteiger partial charge in [-0.3, -0.25) is 9.48 Å². The minimum absolute atomic E-state index is 0.441. The number of halogens is 3. The van der Waals surface area contributed by atoms with Crippen LogP contribution in [0.25, 0.3) is 5.69 Å². The number of carbonyl (C=O) groups is 1. The quantitative estimate of drug-likeness (QED) is 0.700. The molecule has 1 atom stereocenters. The molecule has 10 heteroatoms. The maximum atomic E-state index is 13.1. The molecule has 27 heavy (non-hydrogen) atoms. The minimum atomic E-state index is -4.70. The normalized spacial score (nSPS) is 12.8. The first-order valence-electron chi connectivity index (χ1n) is 8.01. The molecule has 0 aliphatic heterocycles. The Kier molecular flexibility index (Phi) is 4.73. The summed E-state index contributed by atoms with van der Waals surface area (Å²) < 4.78 is 42.0. The largest absolute Gasteiger partial charge is 0.435 e. The zero-order chi connectivity index (χ0) is 19.8. The molecular weight excluding hydrogens is 361 g/mol. The maximum absolute atomic E-state index is 13.1. The summed E-state index contributed by atoms with van der Waals surface area (Å²) in [7, 11) is 2.81. The van der Waals surface area contributed by atoms with Crippen molar-refractivity contribution in [3.63, 3.8) is 0 Å². The molecule has 142 valence electrons. The fourth-order valence-electron chi connectivity index (χ4n) is 2.69. The van der Waals surface area contributed by atoms with E-state index in [0.717, 1.165) is 22.1 Å². The van der Waals surface area contributed by atoms with Crippen LogP contribution in [-0.4, -0.2) is 42.4 Å². The average molecular weight is 378 g/mol. The first-order chi connectivity index (χ1) is 12.7. The van der Waals surface area contributed by atoms with Crippen LogP contribution in [-0.2, 0) is 13.2 Å². The second kappa shape index (κ2) is 6.86. The summed E-state index contributed by atoms with van der Waals surface area (Å²) in [6.45, 7) is 1.74. The predicted octanol–water partition coefficient (Wildman–Crippen LogP) is 2.85. The Morgan fingerprint density at radius 1 is 1.22 bits per heavy atom. The van der Waals surface area contributed by atoms with Gasteiger partial charge < -0.3 is 4.90 Å². The van der Waals surface area contributed by atoms with Crippen molar-refractivity contribution < 1.29 is 18.0 Å². The van der Waals surface area contributed by atoms with Gasteiger partial charge in [-0.25, -0.2) is 9.67 Å². The Hall–Kier alpha value is -3.17. The number of benzene rings is 1. The molecule has 3 aromatic rings. The van der Waals surface area contributed by atoms with Gasteiger partial charge in [0.05, 0.1) is 17.3 Å². The third-order valence-electron chi connectivity index (χ3n) is 4.29. The summed E-state index contributed by atoms with van der Waals surface area (Å²) >= 11 is 0. The Labute approximate surface area is 153 Å². The summed E-state index contributed by atoms with van der Waals surface area (Å²) in [5.74, 6) is -0.747. The van der Waals surface area contributed by atoms with Crippen LogP contribution in [0.4, 0.5) is 13.2 Å². The zero-order valence-electron chi connectivity index (χ0n) is 14.8. The average Bonchev–Trinajstić information content (AvgIpc) is 3.29. The van der Waals surface area contributed by atoms with Gasteiger partial charge in [0.15, 0.2) is 5.69 Å². The fraction of sp³-hybridized carbons (Fsp3) is 0.294. The Bertz CT molecular complexity index is 931. The molecule has 1 unspecified atom stereocenters. The summed E-state index contributed by atoms with van der Waals surface area (Å²) in [4.78, 5) is 17.8. The van der Waals surface area contributed by atoms with Crippen LogP contribution in [0.1, 0.15) is 34.6 Å². The first kappa shape index (κ1) is 18.6. The van der Waals surface area contributed by atoms with Crippen molar-refractivity contribution in [3.05, 3.63) is 59.9 Å². The molecule has 0 bridgehead atoms. The van der Waals surface area contributed by atoms with Crippen LogP contribution in [0.2, 0.25) is 0 Å². The Balaban J connectivity index is 1.83. The van der Waals surface area contributed by atoms with E-state index in [1.54, 1.807) is 42.2 Å². The van der Waals surface area contributed by atoms with Crippen LogP contribution >= 0.6 is 0 Å². The molecular formula is C17H17F3N6O. The van der Waals surface area contributed by atoms with Gasteiger partial charge in [-0.1, -0.05) is 12.1 Å². The van der Waals surface area contributed by atoms with Crippen LogP contribution in [0.3, 0.4) is 0 Å². The van der Waals surface area contributed by atoms with E-state index in [-0.39, 0.29) is 0 Å². The summed E-state index contributed by atoms with van der Waals surface area (Å²) in [5, 5.41) is 7.41. The maximum Gasteiger partial charge on any atom is 0.435 e. The molecule has 0 saturated carbocycles. The fourth-order valence-corrected chi connectivity index (χ4v) is 2.69. The van der Waals surface area contributed by atoms with Gasteiger partial charge in [-0.15, -0.1) is 0 Å². The molecule has 7 nitrogen and oxygen atoms in total. The Morgan fingerprint density at radius 2 is 1.89 bits per heavy atom. The molecule has 3 rings (SSSR count). The molecule has 0 aliphatic carbocycles. The highest BCUT2D eigenvalue weighted by atomic mass is 19.4. The molecule has 2 heterocycles. The topological polar surface area (TPSA) is 68.8 Å². The smallest absolute Gasteiger partial charge is 0.335 e. The zero-order valence-corrected chi connectivity index (χ0v) is 14.8. The Morgan fingerprint density at radius 3 is 2.44 bits per heavy atom. The molecule has 0 spiro atoms. The number of hydrogen-bond acceptors (Lipinski definition) is 4. The van der Waals surface area contributed by atoms with Gasteiger partial charge in [0.2, 0.25) is 0 Å². The van der Waals surface area contributed by atoms with E-state index < -0.39 is 29.4 Å². The van der Waals surface area contributed by atoms with Crippen LogP contribution in [0, 0.1) is 0 Å². The molecule has 2 aromatic heterocycles. The molecule has 0 saturated heterocycles. The number of carbonyl (C=O) groups excluding carboxylic acids is 1. The molecule has 0 aliphatic rings. The van der Waals surface area contributed by atoms with Gasteiger partial charge in [0.25, 0.3) is 5.91 Å². The van der Waals surface area contributed by atoms with E-state index in [1.807, 2.05) is 0 Å². The van der Waals surface area contributed by atoms with Crippen molar-refractivity contribution in [1.29, 1.82) is 0 Å². The number of alkyl halides is 3. The number of aryl methyl sites for hydroxylation is 1. The molecule has 0 N–H and O–H groups in total. The van der Waals surface area contributed by atoms with Crippen molar-refractivity contribution in [2.45, 2.75) is 19.1 Å². The van der Waals surface area contributed by atoms with Crippen molar-refractivity contribution >= 4 is 5.91 Å². The summed E-state index contributed by atoms with van der Waals surface area (Å²) in [6, 6.07) is 6.73. The van der Waals surface area contributed by atoms with Gasteiger partial charge in [-0.05, 0) is 24.6 Å². The van der Waals surface area contributed by atoms with Crippen molar-refractivity contribution in [2.75, 3.05) is 7.05 Å². The van der Waals surface area contributed by atoms with Crippen LogP contribution < -0.4 is 0 Å². The summed E-state index contributed by atoms with van der Waals surface area (Å²) in [5.41, 5.74) is -0.106. The van der Waals surface area contributed by atoms with E-state index in [9.17, 15) is 18.0 Å². The SMILES string of the molecule is CC(c1ccc(-n2cncn2)cc1)N(C)C(=O)c1cn(C)nc1C(F)(F)F. The lowest BCUT2D eigenvalue weighted by Crippen LogP contribution is -2.31. The highest BCUT2D eigenvalue weighted by molar-refractivity contribution is 5.95.